The summed E-state index contributed by atoms with van der Waals surface area (Å²) in [5, 5.41) is 0. The average molecular weight is 165 g/mol. The minimum Gasteiger partial charge on any atom is -0.383 e. The highest BCUT2D eigenvalue weighted by Crippen LogP contribution is 2.29. The van der Waals surface area contributed by atoms with Crippen LogP contribution in [0.15, 0.2) is 17.1 Å². The molecule has 1 aromatic heterocycles. The van der Waals surface area contributed by atoms with Crippen LogP contribution in [0.5, 0.6) is 0 Å². The molecule has 0 aliphatic heterocycles. The van der Waals surface area contributed by atoms with E-state index < -0.39 is 0 Å². The molecule has 0 bridgehead atoms. The first-order valence-electron chi connectivity index (χ1n) is 4.12. The molecule has 0 saturated heterocycles. The number of rotatable bonds is 1. The number of anilines is 1. The van der Waals surface area contributed by atoms with E-state index in [0.717, 1.165) is 12.8 Å². The summed E-state index contributed by atoms with van der Waals surface area (Å²) in [6.07, 6.45) is 5.12. The lowest BCUT2D eigenvalue weighted by Crippen LogP contribution is -2.30. The summed E-state index contributed by atoms with van der Waals surface area (Å²) in [5.74, 6) is 0.301. The molecule has 64 valence electrons. The maximum atomic E-state index is 11.2. The van der Waals surface area contributed by atoms with Crippen LogP contribution in [0, 0.1) is 0 Å². The molecule has 4 nitrogen and oxygen atoms in total. The summed E-state index contributed by atoms with van der Waals surface area (Å²) in [6, 6.07) is 2.03. The lowest BCUT2D eigenvalue weighted by atomic mass is 9.93. The van der Waals surface area contributed by atoms with Gasteiger partial charge in [-0.2, -0.15) is 4.98 Å². The van der Waals surface area contributed by atoms with Crippen LogP contribution in [0.1, 0.15) is 25.3 Å². The highest BCUT2D eigenvalue weighted by molar-refractivity contribution is 5.23. The molecule has 0 aromatic carbocycles. The fraction of sp³-hybridized carbons (Fsp3) is 0.500. The maximum absolute atomic E-state index is 11.2. The van der Waals surface area contributed by atoms with E-state index in [4.69, 9.17) is 5.73 Å². The van der Waals surface area contributed by atoms with Gasteiger partial charge in [-0.25, -0.2) is 4.79 Å². The molecule has 1 aliphatic rings. The highest BCUT2D eigenvalue weighted by atomic mass is 16.1. The van der Waals surface area contributed by atoms with Crippen LogP contribution in [0.2, 0.25) is 0 Å². The molecule has 12 heavy (non-hydrogen) atoms. The Balaban J connectivity index is 2.37. The maximum Gasteiger partial charge on any atom is 0.349 e. The van der Waals surface area contributed by atoms with Crippen molar-refractivity contribution in [2.75, 3.05) is 5.73 Å². The Hall–Kier alpha value is -1.32. The van der Waals surface area contributed by atoms with Crippen LogP contribution in [0.4, 0.5) is 5.82 Å². The fourth-order valence-corrected chi connectivity index (χ4v) is 1.37. The molecule has 0 unspecified atom stereocenters. The molecule has 4 heteroatoms. The number of nitrogens with zero attached hydrogens (tertiary/aromatic N) is 2. The minimum atomic E-state index is -0.222. The summed E-state index contributed by atoms with van der Waals surface area (Å²) in [7, 11) is 0. The first-order chi connectivity index (χ1) is 5.77. The van der Waals surface area contributed by atoms with E-state index >= 15 is 0 Å². The van der Waals surface area contributed by atoms with Gasteiger partial charge in [0.25, 0.3) is 0 Å². The minimum absolute atomic E-state index is 0.222. The van der Waals surface area contributed by atoms with Gasteiger partial charge in [0.1, 0.15) is 5.82 Å². The monoisotopic (exact) mass is 165 g/mol. The van der Waals surface area contributed by atoms with Crippen LogP contribution >= 0.6 is 0 Å². The predicted octanol–water partition coefficient (Wildman–Crippen LogP) is 0.550. The second kappa shape index (κ2) is 2.62. The van der Waals surface area contributed by atoms with E-state index in [2.05, 4.69) is 4.98 Å². The zero-order valence-electron chi connectivity index (χ0n) is 6.73. The van der Waals surface area contributed by atoms with Crippen molar-refractivity contribution in [3.05, 3.63) is 22.7 Å². The Labute approximate surface area is 70.0 Å². The largest absolute Gasteiger partial charge is 0.383 e. The molecule has 2 rings (SSSR count). The number of hydrogen-bond donors (Lipinski definition) is 1. The van der Waals surface area contributed by atoms with Crippen molar-refractivity contribution in [2.24, 2.45) is 0 Å². The van der Waals surface area contributed by atoms with E-state index in [1.54, 1.807) is 16.8 Å². The van der Waals surface area contributed by atoms with Gasteiger partial charge in [0.05, 0.1) is 0 Å². The van der Waals surface area contributed by atoms with Gasteiger partial charge >= 0.3 is 5.69 Å². The summed E-state index contributed by atoms with van der Waals surface area (Å²) < 4.78 is 1.67. The lowest BCUT2D eigenvalue weighted by Gasteiger charge is -2.26. The Kier molecular flexibility index (Phi) is 1.60. The third kappa shape index (κ3) is 1.09. The van der Waals surface area contributed by atoms with E-state index in [-0.39, 0.29) is 5.69 Å². The van der Waals surface area contributed by atoms with E-state index in [9.17, 15) is 4.79 Å². The zero-order valence-corrected chi connectivity index (χ0v) is 6.73. The third-order valence-corrected chi connectivity index (χ3v) is 2.32. The predicted molar refractivity (Wildman–Crippen MR) is 45.8 cm³/mol. The van der Waals surface area contributed by atoms with Crippen molar-refractivity contribution in [3.8, 4) is 0 Å². The van der Waals surface area contributed by atoms with Gasteiger partial charge in [-0.15, -0.1) is 0 Å². The van der Waals surface area contributed by atoms with E-state index in [1.165, 1.54) is 6.42 Å². The zero-order chi connectivity index (χ0) is 8.55. The molecule has 0 atom stereocenters. The highest BCUT2D eigenvalue weighted by Gasteiger charge is 2.20. The standard InChI is InChI=1S/C8H11N3O/c9-7-4-5-11(8(12)10-7)6-2-1-3-6/h4-6H,1-3H2,(H2,9,10,12). The normalized spacial score (nSPS) is 17.3. The van der Waals surface area contributed by atoms with Crippen molar-refractivity contribution in [1.29, 1.82) is 0 Å². The van der Waals surface area contributed by atoms with Crippen molar-refractivity contribution in [3.63, 3.8) is 0 Å². The van der Waals surface area contributed by atoms with Gasteiger partial charge in [-0.05, 0) is 25.3 Å². The first-order valence-corrected chi connectivity index (χ1v) is 4.12. The lowest BCUT2D eigenvalue weighted by molar-refractivity contribution is 0.303. The molecule has 0 radical (unpaired) electrons. The van der Waals surface area contributed by atoms with Crippen LogP contribution < -0.4 is 11.4 Å². The summed E-state index contributed by atoms with van der Waals surface area (Å²) in [6.45, 7) is 0. The van der Waals surface area contributed by atoms with Gasteiger partial charge in [-0.1, -0.05) is 0 Å². The Morgan fingerprint density at radius 3 is 2.83 bits per heavy atom. The van der Waals surface area contributed by atoms with Crippen molar-refractivity contribution >= 4 is 5.82 Å². The van der Waals surface area contributed by atoms with Crippen LogP contribution in [-0.2, 0) is 0 Å². The fourth-order valence-electron chi connectivity index (χ4n) is 1.37. The summed E-state index contributed by atoms with van der Waals surface area (Å²) in [4.78, 5) is 14.9. The van der Waals surface area contributed by atoms with Crippen molar-refractivity contribution < 1.29 is 0 Å². The second-order valence-electron chi connectivity index (χ2n) is 3.13. The summed E-state index contributed by atoms with van der Waals surface area (Å²) >= 11 is 0. The van der Waals surface area contributed by atoms with Gasteiger partial charge < -0.3 is 5.73 Å². The molecular formula is C8H11N3O. The van der Waals surface area contributed by atoms with Gasteiger partial charge in [0, 0.05) is 12.2 Å². The SMILES string of the molecule is Nc1ccn(C2CCC2)c(=O)n1. The molecule has 0 spiro atoms. The first kappa shape index (κ1) is 7.34. The molecule has 1 fully saturated rings. The molecule has 0 amide bonds. The number of aromatic nitrogens is 2. The molecule has 1 aliphatic carbocycles. The summed E-state index contributed by atoms with van der Waals surface area (Å²) in [5.41, 5.74) is 5.14. The van der Waals surface area contributed by atoms with Crippen LogP contribution in [0.3, 0.4) is 0 Å². The quantitative estimate of drug-likeness (QED) is 0.661. The van der Waals surface area contributed by atoms with Gasteiger partial charge in [0.15, 0.2) is 0 Å². The molecule has 1 aromatic rings. The van der Waals surface area contributed by atoms with Crippen LogP contribution in [-0.4, -0.2) is 9.55 Å². The Morgan fingerprint density at radius 1 is 1.58 bits per heavy atom. The molecule has 1 saturated carbocycles. The topological polar surface area (TPSA) is 60.9 Å². The van der Waals surface area contributed by atoms with E-state index in [0.29, 0.717) is 11.9 Å². The molecule has 1 heterocycles. The van der Waals surface area contributed by atoms with Crippen molar-refractivity contribution in [1.82, 2.24) is 9.55 Å². The number of nitrogens with two attached hydrogens (primary N) is 1. The van der Waals surface area contributed by atoms with E-state index in [1.807, 2.05) is 0 Å². The molecular weight excluding hydrogens is 154 g/mol. The smallest absolute Gasteiger partial charge is 0.349 e. The Morgan fingerprint density at radius 2 is 2.33 bits per heavy atom. The average Bonchev–Trinajstić information content (AvgIpc) is 1.91. The van der Waals surface area contributed by atoms with Gasteiger partial charge in [0.2, 0.25) is 0 Å². The third-order valence-electron chi connectivity index (χ3n) is 2.32. The number of nitrogen functional groups attached to an aromatic ring is 1. The van der Waals surface area contributed by atoms with Crippen molar-refractivity contribution in [2.45, 2.75) is 25.3 Å². The second-order valence-corrected chi connectivity index (χ2v) is 3.13. The Bertz CT molecular complexity index is 340. The number of hydrogen-bond acceptors (Lipinski definition) is 3. The molecule has 2 N–H and O–H groups in total. The van der Waals surface area contributed by atoms with Crippen LogP contribution in [0.25, 0.3) is 0 Å². The van der Waals surface area contributed by atoms with Gasteiger partial charge in [-0.3, -0.25) is 4.57 Å².